The number of anilines is 1. The summed E-state index contributed by atoms with van der Waals surface area (Å²) in [7, 11) is -6.53. The van der Waals surface area contributed by atoms with Gasteiger partial charge in [-0.15, -0.1) is 0 Å². The second-order valence-electron chi connectivity index (χ2n) is 6.87. The van der Waals surface area contributed by atoms with Crippen molar-refractivity contribution in [3.63, 3.8) is 0 Å². The first-order valence-corrected chi connectivity index (χ1v) is 11.2. The Kier molecular flexibility index (Phi) is 10.0. The number of esters is 2. The maximum atomic E-state index is 13.6. The lowest BCUT2D eigenvalue weighted by molar-refractivity contribution is -0.248. The molecule has 188 valence electrons. The molecule has 33 heavy (non-hydrogen) atoms. The summed E-state index contributed by atoms with van der Waals surface area (Å²) in [6.07, 6.45) is -8.82. The van der Waals surface area contributed by atoms with Crippen LogP contribution in [-0.2, 0) is 24.4 Å². The van der Waals surface area contributed by atoms with E-state index in [1.165, 1.54) is 12.1 Å². The Hall–Kier alpha value is -2.48. The molecule has 1 unspecified atom stereocenters. The number of nitrogens with zero attached hydrogens (tertiary/aromatic N) is 1. The molecule has 0 amide bonds. The van der Waals surface area contributed by atoms with E-state index in [0.29, 0.717) is 25.1 Å². The first kappa shape index (κ1) is 28.6. The Bertz CT molecular complexity index is 904. The third kappa shape index (κ3) is 8.11. The zero-order valence-electron chi connectivity index (χ0n) is 17.8. The normalized spacial score (nSPS) is 13.3. The van der Waals surface area contributed by atoms with E-state index < -0.39 is 39.2 Å². The topological polar surface area (TPSA) is 110 Å². The van der Waals surface area contributed by atoms with E-state index in [-0.39, 0.29) is 25.5 Å². The highest BCUT2D eigenvalue weighted by Crippen LogP contribution is 2.38. The smallest absolute Gasteiger partial charge is 0.432 e. The van der Waals surface area contributed by atoms with Gasteiger partial charge in [-0.1, -0.05) is 13.8 Å². The number of ether oxygens (including phenoxy) is 2. The Morgan fingerprint density at radius 3 is 2.06 bits per heavy atom. The molecule has 0 aliphatic heterocycles. The molecule has 8 nitrogen and oxygen atoms in total. The Balaban J connectivity index is 2.98. The van der Waals surface area contributed by atoms with Gasteiger partial charge in [0.2, 0.25) is 0 Å². The van der Waals surface area contributed by atoms with Crippen molar-refractivity contribution in [1.82, 2.24) is 0 Å². The minimum atomic E-state index is -6.53. The van der Waals surface area contributed by atoms with E-state index >= 15 is 0 Å². The van der Waals surface area contributed by atoms with Crippen LogP contribution in [0, 0.1) is 0 Å². The standard InChI is InChI=1S/C19H24F5NO7S/c1-3-5-15(26)31-12-11-25(10-4-2)14-8-6-13(7-9-14)16(27)32-17(18(20,21)22)19(23,24)33(28,29)30/h6-9,17H,3-5,10-12H2,1-2H3,(H,28,29,30). The zero-order valence-corrected chi connectivity index (χ0v) is 18.6. The number of carbonyl (C=O) groups excluding carboxylic acids is 2. The average molecular weight is 505 g/mol. The van der Waals surface area contributed by atoms with Crippen molar-refractivity contribution in [2.75, 3.05) is 24.6 Å². The molecule has 0 heterocycles. The summed E-state index contributed by atoms with van der Waals surface area (Å²) in [5.41, 5.74) is -0.0689. The van der Waals surface area contributed by atoms with Gasteiger partial charge in [-0.05, 0) is 37.1 Å². The van der Waals surface area contributed by atoms with E-state index in [1.807, 2.05) is 13.8 Å². The number of rotatable bonds is 12. The molecular weight excluding hydrogens is 481 g/mol. The Labute approximate surface area is 187 Å². The molecule has 0 saturated carbocycles. The van der Waals surface area contributed by atoms with Crippen LogP contribution in [0.15, 0.2) is 24.3 Å². The molecule has 0 radical (unpaired) electrons. The van der Waals surface area contributed by atoms with E-state index in [9.17, 15) is 40.0 Å². The molecule has 1 N–H and O–H groups in total. The van der Waals surface area contributed by atoms with E-state index in [1.54, 1.807) is 4.90 Å². The molecule has 0 aliphatic carbocycles. The molecule has 0 aromatic heterocycles. The van der Waals surface area contributed by atoms with Gasteiger partial charge in [0.25, 0.3) is 6.10 Å². The predicted molar refractivity (Wildman–Crippen MR) is 107 cm³/mol. The van der Waals surface area contributed by atoms with Crippen LogP contribution >= 0.6 is 0 Å². The molecule has 14 heteroatoms. The van der Waals surface area contributed by atoms with Gasteiger partial charge in [-0.3, -0.25) is 9.35 Å². The minimum Gasteiger partial charge on any atom is -0.464 e. The lowest BCUT2D eigenvalue weighted by Crippen LogP contribution is -2.52. The monoisotopic (exact) mass is 505 g/mol. The van der Waals surface area contributed by atoms with Gasteiger partial charge in [0.1, 0.15) is 6.61 Å². The molecule has 1 aromatic rings. The van der Waals surface area contributed by atoms with Crippen LogP contribution in [0.1, 0.15) is 43.5 Å². The van der Waals surface area contributed by atoms with Crippen molar-refractivity contribution in [2.45, 2.75) is 50.6 Å². The van der Waals surface area contributed by atoms with Crippen LogP contribution < -0.4 is 4.90 Å². The highest BCUT2D eigenvalue weighted by molar-refractivity contribution is 7.86. The van der Waals surface area contributed by atoms with Crippen LogP contribution in [0.3, 0.4) is 0 Å². The molecule has 1 rings (SSSR count). The largest absolute Gasteiger partial charge is 0.464 e. The van der Waals surface area contributed by atoms with Gasteiger partial charge in [-0.2, -0.15) is 30.4 Å². The third-order valence-corrected chi connectivity index (χ3v) is 5.11. The van der Waals surface area contributed by atoms with Gasteiger partial charge in [0.15, 0.2) is 0 Å². The van der Waals surface area contributed by atoms with Crippen LogP contribution in [0.5, 0.6) is 0 Å². The van der Waals surface area contributed by atoms with Crippen LogP contribution in [-0.4, -0.2) is 62.1 Å². The summed E-state index contributed by atoms with van der Waals surface area (Å²) in [5.74, 6) is -2.24. The number of alkyl halides is 5. The van der Waals surface area contributed by atoms with Crippen molar-refractivity contribution in [2.24, 2.45) is 0 Å². The molecule has 0 spiro atoms. The van der Waals surface area contributed by atoms with E-state index in [0.717, 1.165) is 12.1 Å². The lowest BCUT2D eigenvalue weighted by Gasteiger charge is -2.26. The summed E-state index contributed by atoms with van der Waals surface area (Å²) in [6.45, 7) is 4.54. The van der Waals surface area contributed by atoms with Gasteiger partial charge >= 0.3 is 33.5 Å². The summed E-state index contributed by atoms with van der Waals surface area (Å²) >= 11 is 0. The highest BCUT2D eigenvalue weighted by Gasteiger charge is 2.66. The van der Waals surface area contributed by atoms with Gasteiger partial charge in [0.05, 0.1) is 12.1 Å². The molecule has 0 bridgehead atoms. The molecule has 0 fully saturated rings. The van der Waals surface area contributed by atoms with Crippen molar-refractivity contribution < 1.29 is 54.0 Å². The number of benzene rings is 1. The molecule has 0 saturated heterocycles. The van der Waals surface area contributed by atoms with Crippen molar-refractivity contribution in [3.05, 3.63) is 29.8 Å². The van der Waals surface area contributed by atoms with Gasteiger partial charge < -0.3 is 14.4 Å². The number of hydrogen-bond donors (Lipinski definition) is 1. The minimum absolute atomic E-state index is 0.0700. The Morgan fingerprint density at radius 1 is 1.03 bits per heavy atom. The van der Waals surface area contributed by atoms with Crippen molar-refractivity contribution >= 4 is 27.7 Å². The SMILES string of the molecule is CCCC(=O)OCCN(CCC)c1ccc(C(=O)OC(C(F)(F)F)C(F)(F)S(=O)(=O)O)cc1. The molecule has 1 aromatic carbocycles. The predicted octanol–water partition coefficient (Wildman–Crippen LogP) is 3.81. The van der Waals surface area contributed by atoms with Gasteiger partial charge in [0, 0.05) is 18.7 Å². The maximum Gasteiger partial charge on any atom is 0.432 e. The fourth-order valence-electron chi connectivity index (χ4n) is 2.63. The second-order valence-corrected chi connectivity index (χ2v) is 8.36. The number of carbonyl (C=O) groups is 2. The van der Waals surface area contributed by atoms with Crippen LogP contribution in [0.2, 0.25) is 0 Å². The lowest BCUT2D eigenvalue weighted by atomic mass is 10.2. The van der Waals surface area contributed by atoms with Crippen LogP contribution in [0.25, 0.3) is 0 Å². The van der Waals surface area contributed by atoms with Crippen LogP contribution in [0.4, 0.5) is 27.6 Å². The first-order chi connectivity index (χ1) is 15.1. The number of hydrogen-bond acceptors (Lipinski definition) is 7. The Morgan fingerprint density at radius 2 is 1.61 bits per heavy atom. The fourth-order valence-corrected chi connectivity index (χ4v) is 3.08. The molecule has 0 aliphatic rings. The van der Waals surface area contributed by atoms with Crippen molar-refractivity contribution in [1.29, 1.82) is 0 Å². The van der Waals surface area contributed by atoms with E-state index in [4.69, 9.17) is 9.29 Å². The second kappa shape index (κ2) is 11.6. The first-order valence-electron chi connectivity index (χ1n) is 9.78. The molecular formula is C19H24F5NO7S. The fraction of sp³-hybridized carbons (Fsp3) is 0.579. The highest BCUT2D eigenvalue weighted by atomic mass is 32.2. The summed E-state index contributed by atoms with van der Waals surface area (Å²) in [6, 6.07) is 4.62. The number of halogens is 5. The zero-order chi connectivity index (χ0) is 25.4. The molecule has 1 atom stereocenters. The quantitative estimate of drug-likeness (QED) is 0.259. The summed E-state index contributed by atoms with van der Waals surface area (Å²) in [5, 5.41) is -5.81. The van der Waals surface area contributed by atoms with E-state index in [2.05, 4.69) is 4.74 Å². The van der Waals surface area contributed by atoms with Crippen molar-refractivity contribution in [3.8, 4) is 0 Å². The third-order valence-electron chi connectivity index (χ3n) is 4.21. The average Bonchev–Trinajstić information content (AvgIpc) is 2.69. The maximum absolute atomic E-state index is 13.6. The van der Waals surface area contributed by atoms with Gasteiger partial charge in [-0.25, -0.2) is 4.79 Å². The summed E-state index contributed by atoms with van der Waals surface area (Å²) < 4.78 is 105. The summed E-state index contributed by atoms with van der Waals surface area (Å²) in [4.78, 5) is 25.2.